The summed E-state index contributed by atoms with van der Waals surface area (Å²) in [6.07, 6.45) is 4.73. The summed E-state index contributed by atoms with van der Waals surface area (Å²) in [6.45, 7) is 0.554. The minimum absolute atomic E-state index is 0.119. The molecule has 0 spiro atoms. The molecule has 2 aromatic heterocycles. The van der Waals surface area contributed by atoms with Crippen LogP contribution in [0.15, 0.2) is 42.7 Å². The second-order valence-electron chi connectivity index (χ2n) is 7.36. The predicted octanol–water partition coefficient (Wildman–Crippen LogP) is 2.65. The number of fused-ring (bicyclic) bond motifs is 1. The standard InChI is InChI=1S/C21H20N6O4/c22-10-14-2-1-7-26(14)21(28)18(23)8-13-11-24-19-5-4-16(9-17(13)19)31-20-6-3-15(12-25-20)27(29)30/h3-6,9,11-12,14,18,24H,1-2,7-8,23H2/t14-,18-/m0/s1. The zero-order chi connectivity index (χ0) is 22.0. The van der Waals surface area contributed by atoms with E-state index >= 15 is 0 Å². The molecule has 1 fully saturated rings. The van der Waals surface area contributed by atoms with Gasteiger partial charge in [-0.3, -0.25) is 14.9 Å². The molecule has 3 aromatic rings. The van der Waals surface area contributed by atoms with Crippen molar-refractivity contribution in [2.24, 2.45) is 5.73 Å². The fourth-order valence-electron chi connectivity index (χ4n) is 3.75. The number of amides is 1. The number of likely N-dealkylation sites (tertiary alicyclic amines) is 1. The lowest BCUT2D eigenvalue weighted by Crippen LogP contribution is -2.46. The van der Waals surface area contributed by atoms with Crippen molar-refractivity contribution in [1.82, 2.24) is 14.9 Å². The number of carbonyl (C=O) groups is 1. The highest BCUT2D eigenvalue weighted by atomic mass is 16.6. The molecule has 1 saturated heterocycles. The Labute approximate surface area is 177 Å². The van der Waals surface area contributed by atoms with Gasteiger partial charge in [0.25, 0.3) is 5.69 Å². The molecule has 2 atom stereocenters. The molecule has 158 valence electrons. The molecular formula is C21H20N6O4. The van der Waals surface area contributed by atoms with Gasteiger partial charge in [-0.05, 0) is 43.0 Å². The first-order valence-electron chi connectivity index (χ1n) is 9.80. The number of nitro groups is 1. The van der Waals surface area contributed by atoms with E-state index in [2.05, 4.69) is 16.0 Å². The molecule has 10 nitrogen and oxygen atoms in total. The van der Waals surface area contributed by atoms with Crippen LogP contribution in [0.3, 0.4) is 0 Å². The Hall–Kier alpha value is -3.97. The number of nitrogens with two attached hydrogens (primary N) is 1. The monoisotopic (exact) mass is 420 g/mol. The molecule has 3 heterocycles. The maximum Gasteiger partial charge on any atom is 0.287 e. The van der Waals surface area contributed by atoms with E-state index in [0.29, 0.717) is 25.1 Å². The van der Waals surface area contributed by atoms with E-state index in [-0.39, 0.29) is 17.5 Å². The van der Waals surface area contributed by atoms with Crippen LogP contribution in [-0.2, 0) is 11.2 Å². The number of rotatable bonds is 6. The van der Waals surface area contributed by atoms with Crippen LogP contribution in [0.1, 0.15) is 18.4 Å². The van der Waals surface area contributed by atoms with Crippen molar-refractivity contribution in [3.05, 3.63) is 58.4 Å². The number of nitrogens with one attached hydrogen (secondary N) is 1. The highest BCUT2D eigenvalue weighted by Crippen LogP contribution is 2.28. The minimum Gasteiger partial charge on any atom is -0.439 e. The zero-order valence-electron chi connectivity index (χ0n) is 16.5. The third-order valence-electron chi connectivity index (χ3n) is 5.33. The summed E-state index contributed by atoms with van der Waals surface area (Å²) in [4.78, 5) is 31.6. The summed E-state index contributed by atoms with van der Waals surface area (Å²) in [5.41, 5.74) is 7.77. The van der Waals surface area contributed by atoms with Gasteiger partial charge in [-0.1, -0.05) is 0 Å². The van der Waals surface area contributed by atoms with Crippen molar-refractivity contribution in [3.63, 3.8) is 0 Å². The Morgan fingerprint density at radius 1 is 1.45 bits per heavy atom. The minimum atomic E-state index is -0.756. The summed E-state index contributed by atoms with van der Waals surface area (Å²) in [5.74, 6) is 0.505. The van der Waals surface area contributed by atoms with Gasteiger partial charge in [-0.15, -0.1) is 0 Å². The van der Waals surface area contributed by atoms with Crippen LogP contribution in [0.2, 0.25) is 0 Å². The maximum absolute atomic E-state index is 12.7. The zero-order valence-corrected chi connectivity index (χ0v) is 16.5. The van der Waals surface area contributed by atoms with Crippen molar-refractivity contribution in [2.75, 3.05) is 6.54 Å². The first-order valence-corrected chi connectivity index (χ1v) is 9.80. The quantitative estimate of drug-likeness (QED) is 0.459. The highest BCUT2D eigenvalue weighted by Gasteiger charge is 2.31. The summed E-state index contributed by atoms with van der Waals surface area (Å²) in [5, 5.41) is 20.8. The molecule has 1 aliphatic rings. The SMILES string of the molecule is N#C[C@@H]1CCCN1C(=O)[C@@H](N)Cc1c[nH]c2ccc(Oc3ccc([N+](=O)[O-])cn3)cc12. The van der Waals surface area contributed by atoms with Gasteiger partial charge in [0.2, 0.25) is 11.8 Å². The number of H-pyrrole nitrogens is 1. The predicted molar refractivity (Wildman–Crippen MR) is 111 cm³/mol. The van der Waals surface area contributed by atoms with Crippen LogP contribution in [0.4, 0.5) is 5.69 Å². The molecule has 3 N–H and O–H groups in total. The third-order valence-corrected chi connectivity index (χ3v) is 5.33. The van der Waals surface area contributed by atoms with E-state index in [4.69, 9.17) is 10.5 Å². The molecule has 31 heavy (non-hydrogen) atoms. The number of nitrogens with zero attached hydrogens (tertiary/aromatic N) is 4. The summed E-state index contributed by atoms with van der Waals surface area (Å²) < 4.78 is 5.72. The van der Waals surface area contributed by atoms with E-state index in [9.17, 15) is 20.2 Å². The smallest absolute Gasteiger partial charge is 0.287 e. The van der Waals surface area contributed by atoms with Gasteiger partial charge in [0.05, 0.1) is 17.0 Å². The van der Waals surface area contributed by atoms with Crippen molar-refractivity contribution in [2.45, 2.75) is 31.3 Å². The first kappa shape index (κ1) is 20.3. The molecule has 1 aliphatic heterocycles. The van der Waals surface area contributed by atoms with Gasteiger partial charge in [-0.25, -0.2) is 4.98 Å². The van der Waals surface area contributed by atoms with Crippen LogP contribution in [-0.4, -0.2) is 44.3 Å². The topological polar surface area (TPSA) is 151 Å². The van der Waals surface area contributed by atoms with Crippen molar-refractivity contribution >= 4 is 22.5 Å². The molecule has 4 rings (SSSR count). The molecule has 1 amide bonds. The van der Waals surface area contributed by atoms with Gasteiger partial charge in [-0.2, -0.15) is 5.26 Å². The summed E-state index contributed by atoms with van der Waals surface area (Å²) in [6, 6.07) is 9.13. The summed E-state index contributed by atoms with van der Waals surface area (Å²) >= 11 is 0. The first-order chi connectivity index (χ1) is 15.0. The Morgan fingerprint density at radius 3 is 3.00 bits per heavy atom. The van der Waals surface area contributed by atoms with Crippen molar-refractivity contribution in [1.29, 1.82) is 5.26 Å². The van der Waals surface area contributed by atoms with Crippen LogP contribution < -0.4 is 10.5 Å². The summed E-state index contributed by atoms with van der Waals surface area (Å²) in [7, 11) is 0. The van der Waals surface area contributed by atoms with E-state index in [1.807, 2.05) is 6.07 Å². The van der Waals surface area contributed by atoms with Gasteiger partial charge in [0.1, 0.15) is 18.0 Å². The van der Waals surface area contributed by atoms with Crippen LogP contribution in [0.5, 0.6) is 11.6 Å². The number of hydrogen-bond acceptors (Lipinski definition) is 7. The van der Waals surface area contributed by atoms with Gasteiger partial charge in [0.15, 0.2) is 0 Å². The Bertz CT molecular complexity index is 1170. The van der Waals surface area contributed by atoms with Gasteiger partial charge in [0, 0.05) is 35.8 Å². The lowest BCUT2D eigenvalue weighted by Gasteiger charge is -2.23. The van der Waals surface area contributed by atoms with Crippen LogP contribution >= 0.6 is 0 Å². The molecule has 0 radical (unpaired) electrons. The van der Waals surface area contributed by atoms with E-state index < -0.39 is 17.0 Å². The normalized spacial score (nSPS) is 16.8. The Morgan fingerprint density at radius 2 is 2.29 bits per heavy atom. The van der Waals surface area contributed by atoms with Gasteiger partial charge >= 0.3 is 0 Å². The van der Waals surface area contributed by atoms with E-state index in [0.717, 1.165) is 29.1 Å². The highest BCUT2D eigenvalue weighted by molar-refractivity contribution is 5.87. The lowest BCUT2D eigenvalue weighted by atomic mass is 10.0. The van der Waals surface area contributed by atoms with Gasteiger partial charge < -0.3 is 20.4 Å². The number of ether oxygens (including phenoxy) is 1. The lowest BCUT2D eigenvalue weighted by molar-refractivity contribution is -0.385. The molecule has 0 unspecified atom stereocenters. The molecule has 0 bridgehead atoms. The Kier molecular flexibility index (Phi) is 5.51. The number of nitriles is 1. The second-order valence-corrected chi connectivity index (χ2v) is 7.36. The fraction of sp³-hybridized carbons (Fsp3) is 0.286. The fourth-order valence-corrected chi connectivity index (χ4v) is 3.75. The number of benzene rings is 1. The number of aromatic nitrogens is 2. The van der Waals surface area contributed by atoms with Crippen molar-refractivity contribution < 1.29 is 14.5 Å². The van der Waals surface area contributed by atoms with E-state index in [1.54, 1.807) is 23.2 Å². The molecule has 10 heteroatoms. The van der Waals surface area contributed by atoms with Crippen LogP contribution in [0, 0.1) is 21.4 Å². The third kappa shape index (κ3) is 4.17. The number of hydrogen-bond donors (Lipinski definition) is 2. The maximum atomic E-state index is 12.7. The molecule has 1 aromatic carbocycles. The number of aromatic amines is 1. The number of pyridine rings is 1. The molecular weight excluding hydrogens is 400 g/mol. The average molecular weight is 420 g/mol. The number of carbonyl (C=O) groups excluding carboxylic acids is 1. The average Bonchev–Trinajstić information content (AvgIpc) is 3.40. The van der Waals surface area contributed by atoms with Crippen molar-refractivity contribution in [3.8, 4) is 17.7 Å². The van der Waals surface area contributed by atoms with Crippen LogP contribution in [0.25, 0.3) is 10.9 Å². The molecule has 0 aliphatic carbocycles. The largest absolute Gasteiger partial charge is 0.439 e. The Balaban J connectivity index is 1.51. The second kappa shape index (κ2) is 8.41. The van der Waals surface area contributed by atoms with E-state index in [1.165, 1.54) is 12.1 Å². The molecule has 0 saturated carbocycles.